The fraction of sp³-hybridized carbons (Fsp3) is 0.519. The Kier molecular flexibility index (Phi) is 9.97. The van der Waals surface area contributed by atoms with Crippen LogP contribution < -0.4 is 20.7 Å². The number of ether oxygens (including phenoxy) is 1. The molecule has 0 atom stereocenters. The fourth-order valence-electron chi connectivity index (χ4n) is 4.99. The van der Waals surface area contributed by atoms with Crippen LogP contribution in [0.2, 0.25) is 0 Å². The lowest BCUT2D eigenvalue weighted by Gasteiger charge is -2.29. The van der Waals surface area contributed by atoms with Crippen LogP contribution in [-0.2, 0) is 26.1 Å². The van der Waals surface area contributed by atoms with Crippen molar-refractivity contribution in [1.29, 1.82) is 0 Å². The first-order valence-corrected chi connectivity index (χ1v) is 13.8. The Labute approximate surface area is 236 Å². The first kappa shape index (κ1) is 30.0. The van der Waals surface area contributed by atoms with Crippen LogP contribution in [0.15, 0.2) is 36.7 Å². The Morgan fingerprint density at radius 1 is 1.10 bits per heavy atom. The van der Waals surface area contributed by atoms with Crippen molar-refractivity contribution in [3.05, 3.63) is 63.9 Å². The third kappa shape index (κ3) is 8.52. The molecule has 0 aliphatic heterocycles. The molecular formula is C27H35F3N8O3. The van der Waals surface area contributed by atoms with E-state index in [1.54, 1.807) is 6.07 Å². The molecule has 3 N–H and O–H groups in total. The average Bonchev–Trinajstić information content (AvgIpc) is 3.36. The van der Waals surface area contributed by atoms with E-state index in [4.69, 9.17) is 4.98 Å². The maximum atomic E-state index is 12.7. The zero-order chi connectivity index (χ0) is 29.4. The van der Waals surface area contributed by atoms with E-state index in [0.717, 1.165) is 62.9 Å². The van der Waals surface area contributed by atoms with Gasteiger partial charge in [-0.15, -0.1) is 13.2 Å². The number of nitro groups is 1. The van der Waals surface area contributed by atoms with Gasteiger partial charge in [0.05, 0.1) is 10.6 Å². The topological polar surface area (TPSA) is 132 Å². The van der Waals surface area contributed by atoms with Crippen LogP contribution in [0.25, 0.3) is 0 Å². The van der Waals surface area contributed by atoms with E-state index in [1.165, 1.54) is 18.2 Å². The van der Waals surface area contributed by atoms with Gasteiger partial charge in [0, 0.05) is 50.4 Å². The predicted molar refractivity (Wildman–Crippen MR) is 147 cm³/mol. The number of imidazole rings is 1. The van der Waals surface area contributed by atoms with E-state index in [2.05, 4.69) is 55.3 Å². The summed E-state index contributed by atoms with van der Waals surface area (Å²) in [6, 6.07) is 6.08. The Hall–Kier alpha value is -3.94. The summed E-state index contributed by atoms with van der Waals surface area (Å²) in [5.41, 5.74) is 1.00. The van der Waals surface area contributed by atoms with Crippen molar-refractivity contribution in [3.63, 3.8) is 0 Å². The van der Waals surface area contributed by atoms with Gasteiger partial charge in [-0.05, 0) is 44.6 Å². The molecule has 14 heteroatoms. The quantitative estimate of drug-likeness (QED) is 0.180. The number of hydrogen-bond acceptors (Lipinski definition) is 9. The fourth-order valence-corrected chi connectivity index (χ4v) is 4.99. The summed E-state index contributed by atoms with van der Waals surface area (Å²) in [7, 11) is 0. The van der Waals surface area contributed by atoms with Crippen LogP contribution in [0.3, 0.4) is 0 Å². The Bertz CT molecular complexity index is 1290. The number of alkyl halides is 3. The number of aryl methyl sites for hydroxylation is 2. The number of nitrogens with zero attached hydrogens (tertiary/aromatic N) is 5. The van der Waals surface area contributed by atoms with Gasteiger partial charge in [-0.25, -0.2) is 9.97 Å². The highest BCUT2D eigenvalue weighted by molar-refractivity contribution is 5.57. The lowest BCUT2D eigenvalue weighted by Crippen LogP contribution is -2.34. The van der Waals surface area contributed by atoms with Crippen molar-refractivity contribution in [2.45, 2.75) is 78.0 Å². The van der Waals surface area contributed by atoms with E-state index in [9.17, 15) is 23.3 Å². The van der Waals surface area contributed by atoms with Gasteiger partial charge in [-0.1, -0.05) is 25.1 Å². The predicted octanol–water partition coefficient (Wildman–Crippen LogP) is 5.43. The lowest BCUT2D eigenvalue weighted by molar-refractivity contribution is -0.384. The van der Waals surface area contributed by atoms with Gasteiger partial charge in [0.1, 0.15) is 17.8 Å². The van der Waals surface area contributed by atoms with E-state index in [-0.39, 0.29) is 35.3 Å². The van der Waals surface area contributed by atoms with Gasteiger partial charge in [0.25, 0.3) is 0 Å². The molecule has 4 rings (SSSR count). The van der Waals surface area contributed by atoms with Crippen molar-refractivity contribution in [1.82, 2.24) is 24.8 Å². The molecule has 0 bridgehead atoms. The molecule has 1 aromatic carbocycles. The van der Waals surface area contributed by atoms with Gasteiger partial charge in [0.2, 0.25) is 11.8 Å². The van der Waals surface area contributed by atoms with Crippen LogP contribution in [0.4, 0.5) is 30.6 Å². The Morgan fingerprint density at radius 2 is 1.85 bits per heavy atom. The van der Waals surface area contributed by atoms with Crippen LogP contribution in [-0.4, -0.2) is 43.4 Å². The van der Waals surface area contributed by atoms with E-state index in [0.29, 0.717) is 18.5 Å². The number of nitrogens with one attached hydrogen (secondary N) is 3. The zero-order valence-electron chi connectivity index (χ0n) is 23.1. The first-order chi connectivity index (χ1) is 19.6. The molecule has 2 heterocycles. The minimum absolute atomic E-state index is 0.0459. The molecule has 0 spiro atoms. The SMILES string of the molecule is CCc1nc(CN[C@H]2CC[C@H](CNc3nc(NCc4ccccc4OC(F)(F)F)ncc3[N+](=O)[O-])CC2)cn1CC. The van der Waals surface area contributed by atoms with Crippen molar-refractivity contribution in [3.8, 4) is 5.75 Å². The van der Waals surface area contributed by atoms with Crippen molar-refractivity contribution >= 4 is 17.5 Å². The molecule has 1 saturated carbocycles. The second kappa shape index (κ2) is 13.6. The summed E-state index contributed by atoms with van der Waals surface area (Å²) in [4.78, 5) is 23.9. The Balaban J connectivity index is 1.29. The molecule has 0 saturated heterocycles. The smallest absolute Gasteiger partial charge is 0.405 e. The molecule has 0 radical (unpaired) electrons. The molecule has 41 heavy (non-hydrogen) atoms. The van der Waals surface area contributed by atoms with E-state index < -0.39 is 11.3 Å². The number of benzene rings is 1. The number of para-hydroxylation sites is 1. The molecule has 1 fully saturated rings. The maximum Gasteiger partial charge on any atom is 0.573 e. The van der Waals surface area contributed by atoms with Crippen LogP contribution >= 0.6 is 0 Å². The number of hydrogen-bond donors (Lipinski definition) is 3. The Morgan fingerprint density at radius 3 is 2.51 bits per heavy atom. The largest absolute Gasteiger partial charge is 0.573 e. The second-order valence-electron chi connectivity index (χ2n) is 9.96. The first-order valence-electron chi connectivity index (χ1n) is 13.8. The highest BCUT2D eigenvalue weighted by Gasteiger charge is 2.32. The summed E-state index contributed by atoms with van der Waals surface area (Å²) >= 11 is 0. The summed E-state index contributed by atoms with van der Waals surface area (Å²) in [6.07, 6.45) is 3.14. The molecule has 0 unspecified atom stereocenters. The minimum Gasteiger partial charge on any atom is -0.405 e. The standard InChI is InChI=1S/C27H35F3N8O3/c1-3-24-35-21(17-37(24)4-2)15-31-20-11-9-18(10-12-20)13-32-25-22(38(39)40)16-34-26(36-25)33-14-19-7-5-6-8-23(19)41-27(28,29)30/h5-8,16-18,20,31H,3-4,9-15H2,1-2H3,(H2,32,33,34,36)/t18-,20-. The number of aromatic nitrogens is 4. The summed E-state index contributed by atoms with van der Waals surface area (Å²) in [5.74, 6) is 1.17. The summed E-state index contributed by atoms with van der Waals surface area (Å²) in [6.45, 7) is 6.28. The lowest BCUT2D eigenvalue weighted by atomic mass is 9.86. The van der Waals surface area contributed by atoms with Gasteiger partial charge >= 0.3 is 12.0 Å². The molecule has 1 aliphatic rings. The molecule has 2 aromatic heterocycles. The number of anilines is 2. The van der Waals surface area contributed by atoms with E-state index in [1.807, 2.05) is 0 Å². The van der Waals surface area contributed by atoms with E-state index >= 15 is 0 Å². The van der Waals surface area contributed by atoms with Gasteiger partial charge in [0.15, 0.2) is 0 Å². The second-order valence-corrected chi connectivity index (χ2v) is 9.96. The van der Waals surface area contributed by atoms with Gasteiger partial charge in [-0.3, -0.25) is 10.1 Å². The van der Waals surface area contributed by atoms with Gasteiger partial charge < -0.3 is 25.3 Å². The normalized spacial score (nSPS) is 17.3. The van der Waals surface area contributed by atoms with Crippen LogP contribution in [0, 0.1) is 16.0 Å². The third-order valence-corrected chi connectivity index (χ3v) is 7.14. The summed E-state index contributed by atoms with van der Waals surface area (Å²) < 4.78 is 44.4. The third-order valence-electron chi connectivity index (χ3n) is 7.14. The molecule has 11 nitrogen and oxygen atoms in total. The van der Waals surface area contributed by atoms with Crippen LogP contribution in [0.1, 0.15) is 56.6 Å². The average molecular weight is 577 g/mol. The van der Waals surface area contributed by atoms with Crippen molar-refractivity contribution in [2.24, 2.45) is 5.92 Å². The zero-order valence-corrected chi connectivity index (χ0v) is 23.1. The van der Waals surface area contributed by atoms with Gasteiger partial charge in [-0.2, -0.15) is 4.98 Å². The highest BCUT2D eigenvalue weighted by atomic mass is 19.4. The number of rotatable bonds is 13. The molecular weight excluding hydrogens is 541 g/mol. The van der Waals surface area contributed by atoms with Crippen LogP contribution in [0.5, 0.6) is 5.75 Å². The maximum absolute atomic E-state index is 12.7. The molecule has 222 valence electrons. The summed E-state index contributed by atoms with van der Waals surface area (Å²) in [5, 5.41) is 21.1. The number of halogens is 3. The van der Waals surface area contributed by atoms with Crippen molar-refractivity contribution in [2.75, 3.05) is 17.2 Å². The van der Waals surface area contributed by atoms with Crippen molar-refractivity contribution < 1.29 is 22.8 Å². The highest BCUT2D eigenvalue weighted by Crippen LogP contribution is 2.29. The monoisotopic (exact) mass is 576 g/mol. The minimum atomic E-state index is -4.83. The molecule has 3 aromatic rings. The molecule has 0 amide bonds. The molecule has 1 aliphatic carbocycles.